The van der Waals surface area contributed by atoms with Gasteiger partial charge in [-0.05, 0) is 37.2 Å². The van der Waals surface area contributed by atoms with E-state index >= 15 is 0 Å². The minimum absolute atomic E-state index is 0.202. The number of benzene rings is 1. The molecule has 0 radical (unpaired) electrons. The minimum atomic E-state index is 0.202. The number of carbonyl (C=O) groups is 1. The van der Waals surface area contributed by atoms with Gasteiger partial charge in [-0.3, -0.25) is 9.69 Å². The molecule has 0 bridgehead atoms. The van der Waals surface area contributed by atoms with Crippen LogP contribution in [0.5, 0.6) is 0 Å². The molecule has 0 atom stereocenters. The van der Waals surface area contributed by atoms with Gasteiger partial charge in [0, 0.05) is 30.9 Å². The van der Waals surface area contributed by atoms with Gasteiger partial charge < -0.3 is 10.4 Å². The fraction of sp³-hybridized carbons (Fsp3) is 0.500. The lowest BCUT2D eigenvalue weighted by Gasteiger charge is -2.20. The van der Waals surface area contributed by atoms with Crippen molar-refractivity contribution in [2.45, 2.75) is 13.3 Å². The highest BCUT2D eigenvalue weighted by Crippen LogP contribution is 2.07. The van der Waals surface area contributed by atoms with E-state index in [-0.39, 0.29) is 6.61 Å². The van der Waals surface area contributed by atoms with Crippen molar-refractivity contribution < 1.29 is 9.90 Å². The van der Waals surface area contributed by atoms with Crippen LogP contribution in [0, 0.1) is 0 Å². The van der Waals surface area contributed by atoms with Crippen LogP contribution in [-0.2, 0) is 0 Å². The predicted molar refractivity (Wildman–Crippen MR) is 74.1 cm³/mol. The van der Waals surface area contributed by atoms with E-state index in [2.05, 4.69) is 17.1 Å². The molecule has 0 spiro atoms. The zero-order chi connectivity index (χ0) is 13.2. The normalized spacial score (nSPS) is 10.6. The number of aliphatic hydroxyl groups excluding tert-OH is 1. The largest absolute Gasteiger partial charge is 0.395 e. The van der Waals surface area contributed by atoms with Crippen LogP contribution in [0.3, 0.4) is 0 Å². The molecule has 2 N–H and O–H groups in total. The molecule has 1 aromatic carbocycles. The van der Waals surface area contributed by atoms with Gasteiger partial charge in [0.25, 0.3) is 0 Å². The number of aldehydes is 1. The summed E-state index contributed by atoms with van der Waals surface area (Å²) >= 11 is 0. The molecule has 0 aliphatic carbocycles. The lowest BCUT2D eigenvalue weighted by Crippen LogP contribution is -2.32. The van der Waals surface area contributed by atoms with Crippen molar-refractivity contribution >= 4 is 12.0 Å². The van der Waals surface area contributed by atoms with Crippen molar-refractivity contribution in [2.24, 2.45) is 0 Å². The summed E-state index contributed by atoms with van der Waals surface area (Å²) < 4.78 is 0. The van der Waals surface area contributed by atoms with Crippen LogP contribution in [0.1, 0.15) is 23.7 Å². The Morgan fingerprint density at radius 1 is 1.22 bits per heavy atom. The van der Waals surface area contributed by atoms with Gasteiger partial charge in [0.15, 0.2) is 0 Å². The Balaban J connectivity index is 2.32. The van der Waals surface area contributed by atoms with E-state index < -0.39 is 0 Å². The van der Waals surface area contributed by atoms with Gasteiger partial charge in [0.05, 0.1) is 6.61 Å². The van der Waals surface area contributed by atoms with E-state index in [1.807, 2.05) is 12.1 Å². The number of carbonyl (C=O) groups excluding carboxylic acids is 1. The molecule has 0 fully saturated rings. The van der Waals surface area contributed by atoms with Crippen molar-refractivity contribution in [1.82, 2.24) is 4.90 Å². The Hall–Kier alpha value is -1.39. The number of rotatable bonds is 9. The Morgan fingerprint density at radius 3 is 2.50 bits per heavy atom. The van der Waals surface area contributed by atoms with Crippen LogP contribution in [0.4, 0.5) is 5.69 Å². The summed E-state index contributed by atoms with van der Waals surface area (Å²) in [6, 6.07) is 7.40. The monoisotopic (exact) mass is 250 g/mol. The second-order valence-electron chi connectivity index (χ2n) is 4.23. The van der Waals surface area contributed by atoms with E-state index in [9.17, 15) is 4.79 Å². The number of nitrogens with one attached hydrogen (secondary N) is 1. The van der Waals surface area contributed by atoms with E-state index in [4.69, 9.17) is 5.11 Å². The molecule has 18 heavy (non-hydrogen) atoms. The first kappa shape index (κ1) is 14.7. The number of hydrogen-bond acceptors (Lipinski definition) is 4. The average Bonchev–Trinajstić information content (AvgIpc) is 2.40. The first-order chi connectivity index (χ1) is 8.80. The molecule has 0 aliphatic heterocycles. The summed E-state index contributed by atoms with van der Waals surface area (Å²) in [5, 5.41) is 12.2. The maximum atomic E-state index is 10.5. The topological polar surface area (TPSA) is 52.6 Å². The summed E-state index contributed by atoms with van der Waals surface area (Å²) in [6.45, 7) is 5.81. The second-order valence-corrected chi connectivity index (χ2v) is 4.23. The van der Waals surface area contributed by atoms with E-state index in [0.29, 0.717) is 5.56 Å². The Bertz CT molecular complexity index is 332. The van der Waals surface area contributed by atoms with Gasteiger partial charge in [-0.1, -0.05) is 6.92 Å². The molecule has 0 saturated carbocycles. The molecular formula is C14H22N2O2. The first-order valence-corrected chi connectivity index (χ1v) is 6.42. The van der Waals surface area contributed by atoms with Crippen LogP contribution in [-0.4, -0.2) is 49.1 Å². The summed E-state index contributed by atoms with van der Waals surface area (Å²) in [7, 11) is 0. The van der Waals surface area contributed by atoms with Crippen molar-refractivity contribution in [3.05, 3.63) is 29.8 Å². The molecule has 0 aromatic heterocycles. The molecule has 0 saturated heterocycles. The molecule has 100 valence electrons. The second kappa shape index (κ2) is 8.66. The summed E-state index contributed by atoms with van der Waals surface area (Å²) in [6.07, 6.45) is 1.93. The van der Waals surface area contributed by atoms with Gasteiger partial charge in [0.2, 0.25) is 0 Å². The quantitative estimate of drug-likeness (QED) is 0.654. The van der Waals surface area contributed by atoms with Crippen LogP contribution in [0.2, 0.25) is 0 Å². The standard InChI is InChI=1S/C14H22N2O2/c1-2-8-16(10-11-17)9-7-15-14-5-3-13(12-18)4-6-14/h3-6,12,15,17H,2,7-11H2,1H3. The molecule has 4 nitrogen and oxygen atoms in total. The third kappa shape index (κ3) is 5.29. The lowest BCUT2D eigenvalue weighted by atomic mass is 10.2. The molecule has 4 heteroatoms. The van der Waals surface area contributed by atoms with Crippen LogP contribution in [0.25, 0.3) is 0 Å². The first-order valence-electron chi connectivity index (χ1n) is 6.42. The molecule has 0 heterocycles. The minimum Gasteiger partial charge on any atom is -0.395 e. The summed E-state index contributed by atoms with van der Waals surface area (Å²) in [5.41, 5.74) is 1.70. The van der Waals surface area contributed by atoms with E-state index in [1.165, 1.54) is 0 Å². The third-order valence-electron chi connectivity index (χ3n) is 2.76. The van der Waals surface area contributed by atoms with Gasteiger partial charge in [0.1, 0.15) is 6.29 Å². The molecule has 0 aliphatic rings. The Morgan fingerprint density at radius 2 is 1.94 bits per heavy atom. The number of nitrogens with zero attached hydrogens (tertiary/aromatic N) is 1. The Kier molecular flexibility index (Phi) is 7.06. The SMILES string of the molecule is CCCN(CCO)CCNc1ccc(C=O)cc1. The fourth-order valence-electron chi connectivity index (χ4n) is 1.83. The predicted octanol–water partition coefficient (Wildman–Crippen LogP) is 1.62. The molecular weight excluding hydrogens is 228 g/mol. The van der Waals surface area contributed by atoms with Crippen LogP contribution in [0.15, 0.2) is 24.3 Å². The number of anilines is 1. The van der Waals surface area contributed by atoms with Crippen molar-refractivity contribution in [1.29, 1.82) is 0 Å². The van der Waals surface area contributed by atoms with E-state index in [0.717, 1.165) is 44.6 Å². The maximum Gasteiger partial charge on any atom is 0.150 e. The van der Waals surface area contributed by atoms with Crippen molar-refractivity contribution in [2.75, 3.05) is 38.1 Å². The van der Waals surface area contributed by atoms with E-state index in [1.54, 1.807) is 12.1 Å². The van der Waals surface area contributed by atoms with Crippen molar-refractivity contribution in [3.8, 4) is 0 Å². The highest BCUT2D eigenvalue weighted by atomic mass is 16.3. The van der Waals surface area contributed by atoms with Gasteiger partial charge >= 0.3 is 0 Å². The number of aliphatic hydroxyl groups is 1. The smallest absolute Gasteiger partial charge is 0.150 e. The summed E-state index contributed by atoms with van der Waals surface area (Å²) in [4.78, 5) is 12.7. The van der Waals surface area contributed by atoms with Gasteiger partial charge in [-0.15, -0.1) is 0 Å². The fourth-order valence-corrected chi connectivity index (χ4v) is 1.83. The highest BCUT2D eigenvalue weighted by Gasteiger charge is 2.02. The van der Waals surface area contributed by atoms with Gasteiger partial charge in [-0.25, -0.2) is 0 Å². The van der Waals surface area contributed by atoms with Crippen LogP contribution >= 0.6 is 0 Å². The molecule has 1 aromatic rings. The summed E-state index contributed by atoms with van der Waals surface area (Å²) in [5.74, 6) is 0. The van der Waals surface area contributed by atoms with Gasteiger partial charge in [-0.2, -0.15) is 0 Å². The zero-order valence-corrected chi connectivity index (χ0v) is 10.9. The van der Waals surface area contributed by atoms with Crippen LogP contribution < -0.4 is 5.32 Å². The number of hydrogen-bond donors (Lipinski definition) is 2. The van der Waals surface area contributed by atoms with Crippen molar-refractivity contribution in [3.63, 3.8) is 0 Å². The third-order valence-corrected chi connectivity index (χ3v) is 2.76. The Labute approximate surface area is 109 Å². The average molecular weight is 250 g/mol. The molecule has 1 rings (SSSR count). The molecule has 0 amide bonds. The molecule has 0 unspecified atom stereocenters. The maximum absolute atomic E-state index is 10.5. The zero-order valence-electron chi connectivity index (χ0n) is 10.9. The lowest BCUT2D eigenvalue weighted by molar-refractivity contribution is 0.112. The highest BCUT2D eigenvalue weighted by molar-refractivity contribution is 5.75.